The summed E-state index contributed by atoms with van der Waals surface area (Å²) in [7, 11) is 0. The number of aryl methyl sites for hydroxylation is 1. The SMILES string of the molecule is O=c1ccc(N2CCN(CCCn3c(=O)c4cccn4c4cc(Cl)ccc43)CC2)n[nH]1. The third-order valence-electron chi connectivity index (χ3n) is 5.92. The van der Waals surface area contributed by atoms with Gasteiger partial charge < -0.3 is 13.9 Å². The van der Waals surface area contributed by atoms with Crippen LogP contribution in [0.3, 0.4) is 0 Å². The first kappa shape index (κ1) is 19.8. The van der Waals surface area contributed by atoms with Crippen molar-refractivity contribution in [2.45, 2.75) is 13.0 Å². The number of hydrogen-bond acceptors (Lipinski definition) is 5. The molecular formula is C22H23ClN6O2. The predicted octanol–water partition coefficient (Wildman–Crippen LogP) is 2.20. The van der Waals surface area contributed by atoms with E-state index in [1.54, 1.807) is 6.07 Å². The second kappa shape index (κ2) is 8.20. The molecule has 1 N–H and O–H groups in total. The summed E-state index contributed by atoms with van der Waals surface area (Å²) >= 11 is 6.21. The number of benzene rings is 1. The van der Waals surface area contributed by atoms with Gasteiger partial charge in [0.2, 0.25) is 0 Å². The third-order valence-corrected chi connectivity index (χ3v) is 6.15. The van der Waals surface area contributed by atoms with Crippen molar-refractivity contribution in [1.82, 2.24) is 24.1 Å². The first-order chi connectivity index (χ1) is 15.1. The Morgan fingerprint density at radius 2 is 1.77 bits per heavy atom. The number of halogens is 1. The van der Waals surface area contributed by atoms with E-state index >= 15 is 0 Å². The average Bonchev–Trinajstić information content (AvgIpc) is 3.28. The Balaban J connectivity index is 1.27. The number of nitrogens with one attached hydrogen (secondary N) is 1. The summed E-state index contributed by atoms with van der Waals surface area (Å²) in [6, 6.07) is 12.7. The Hall–Kier alpha value is -3.10. The summed E-state index contributed by atoms with van der Waals surface area (Å²) in [5, 5.41) is 7.26. The number of rotatable bonds is 5. The number of hydrogen-bond donors (Lipinski definition) is 1. The second-order valence-corrected chi connectivity index (χ2v) is 8.25. The smallest absolute Gasteiger partial charge is 0.275 e. The lowest BCUT2D eigenvalue weighted by molar-refractivity contribution is 0.250. The minimum Gasteiger partial charge on any atom is -0.353 e. The Bertz CT molecular complexity index is 1330. The molecule has 0 atom stereocenters. The first-order valence-electron chi connectivity index (χ1n) is 10.4. The van der Waals surface area contributed by atoms with Crippen LogP contribution in [0.15, 0.2) is 58.3 Å². The van der Waals surface area contributed by atoms with E-state index < -0.39 is 0 Å². The van der Waals surface area contributed by atoms with Crippen LogP contribution in [-0.2, 0) is 6.54 Å². The largest absolute Gasteiger partial charge is 0.353 e. The molecule has 31 heavy (non-hydrogen) atoms. The molecule has 1 aliphatic heterocycles. The maximum absolute atomic E-state index is 13.1. The van der Waals surface area contributed by atoms with E-state index in [1.807, 2.05) is 45.5 Å². The van der Waals surface area contributed by atoms with Gasteiger partial charge in [-0.25, -0.2) is 5.10 Å². The van der Waals surface area contributed by atoms with Gasteiger partial charge >= 0.3 is 0 Å². The topological polar surface area (TPSA) is 78.6 Å². The van der Waals surface area contributed by atoms with Gasteiger partial charge in [-0.2, -0.15) is 5.10 Å². The molecule has 1 aromatic carbocycles. The minimum atomic E-state index is -0.189. The van der Waals surface area contributed by atoms with Crippen LogP contribution in [0.5, 0.6) is 0 Å². The van der Waals surface area contributed by atoms with E-state index in [1.165, 1.54) is 6.07 Å². The van der Waals surface area contributed by atoms with Gasteiger partial charge in [-0.15, -0.1) is 0 Å². The van der Waals surface area contributed by atoms with Crippen LogP contribution in [0, 0.1) is 0 Å². The van der Waals surface area contributed by atoms with Crippen molar-refractivity contribution < 1.29 is 0 Å². The van der Waals surface area contributed by atoms with Crippen LogP contribution >= 0.6 is 11.6 Å². The third kappa shape index (κ3) is 3.84. The molecule has 9 heteroatoms. The molecule has 0 radical (unpaired) electrons. The van der Waals surface area contributed by atoms with Gasteiger partial charge in [0.15, 0.2) is 0 Å². The van der Waals surface area contributed by atoms with E-state index in [9.17, 15) is 9.59 Å². The molecule has 4 aromatic rings. The van der Waals surface area contributed by atoms with Gasteiger partial charge in [0, 0.05) is 50.0 Å². The molecular weight excluding hydrogens is 416 g/mol. The Morgan fingerprint density at radius 1 is 0.935 bits per heavy atom. The van der Waals surface area contributed by atoms with Gasteiger partial charge in [-0.05, 0) is 49.4 Å². The number of piperazine rings is 1. The lowest BCUT2D eigenvalue weighted by atomic mass is 10.2. The first-order valence-corrected chi connectivity index (χ1v) is 10.8. The highest BCUT2D eigenvalue weighted by Crippen LogP contribution is 2.20. The summed E-state index contributed by atoms with van der Waals surface area (Å²) in [5.41, 5.74) is 2.33. The summed E-state index contributed by atoms with van der Waals surface area (Å²) in [6.07, 6.45) is 2.78. The van der Waals surface area contributed by atoms with Crippen molar-refractivity contribution in [2.75, 3.05) is 37.6 Å². The molecule has 8 nitrogen and oxygen atoms in total. The van der Waals surface area contributed by atoms with Crippen LogP contribution in [0.2, 0.25) is 5.02 Å². The predicted molar refractivity (Wildman–Crippen MR) is 122 cm³/mol. The molecule has 1 aliphatic rings. The van der Waals surface area contributed by atoms with Crippen molar-refractivity contribution >= 4 is 34.0 Å². The van der Waals surface area contributed by atoms with Gasteiger partial charge in [0.1, 0.15) is 11.3 Å². The zero-order valence-electron chi connectivity index (χ0n) is 17.0. The van der Waals surface area contributed by atoms with E-state index in [-0.39, 0.29) is 11.1 Å². The number of H-pyrrole nitrogens is 1. The maximum atomic E-state index is 13.1. The molecule has 0 amide bonds. The molecule has 5 rings (SSSR count). The molecule has 1 fully saturated rings. The van der Waals surface area contributed by atoms with Crippen LogP contribution in [0.4, 0.5) is 5.82 Å². The monoisotopic (exact) mass is 438 g/mol. The molecule has 1 saturated heterocycles. The van der Waals surface area contributed by atoms with Gasteiger partial charge in [0.25, 0.3) is 11.1 Å². The minimum absolute atomic E-state index is 0.0220. The second-order valence-electron chi connectivity index (χ2n) is 7.81. The zero-order valence-corrected chi connectivity index (χ0v) is 17.8. The summed E-state index contributed by atoms with van der Waals surface area (Å²) in [4.78, 5) is 28.8. The van der Waals surface area contributed by atoms with E-state index in [0.29, 0.717) is 17.1 Å². The van der Waals surface area contributed by atoms with Crippen molar-refractivity contribution in [3.63, 3.8) is 0 Å². The molecule has 0 aliphatic carbocycles. The number of nitrogens with zero attached hydrogens (tertiary/aromatic N) is 5. The summed E-state index contributed by atoms with van der Waals surface area (Å²) in [5.74, 6) is 0.802. The molecule has 160 valence electrons. The lowest BCUT2D eigenvalue weighted by Crippen LogP contribution is -2.47. The van der Waals surface area contributed by atoms with Crippen LogP contribution in [-0.4, -0.2) is 56.8 Å². The van der Waals surface area contributed by atoms with Gasteiger partial charge in [-0.1, -0.05) is 11.6 Å². The zero-order chi connectivity index (χ0) is 21.4. The van der Waals surface area contributed by atoms with Gasteiger partial charge in [0.05, 0.1) is 11.0 Å². The molecule has 3 aromatic heterocycles. The Kier molecular flexibility index (Phi) is 5.25. The van der Waals surface area contributed by atoms with E-state index in [4.69, 9.17) is 11.6 Å². The van der Waals surface area contributed by atoms with Crippen LogP contribution in [0.1, 0.15) is 6.42 Å². The molecule has 4 heterocycles. The average molecular weight is 439 g/mol. The Morgan fingerprint density at radius 3 is 2.55 bits per heavy atom. The molecule has 0 bridgehead atoms. The highest BCUT2D eigenvalue weighted by Gasteiger charge is 2.18. The maximum Gasteiger partial charge on any atom is 0.275 e. The van der Waals surface area contributed by atoms with E-state index in [0.717, 1.165) is 56.0 Å². The van der Waals surface area contributed by atoms with Crippen molar-refractivity contribution in [3.8, 4) is 0 Å². The number of aromatic amines is 1. The standard InChI is InChI=1S/C22H23ClN6O2/c23-16-4-5-17-19(15-16)28-9-1-3-18(28)22(31)29(17)10-2-8-26-11-13-27(14-12-26)20-6-7-21(30)25-24-20/h1,3-7,9,15H,2,8,10-14H2,(H,25,30). The fraction of sp³-hybridized carbons (Fsp3) is 0.318. The quantitative estimate of drug-likeness (QED) is 0.517. The van der Waals surface area contributed by atoms with E-state index in [2.05, 4.69) is 20.0 Å². The summed E-state index contributed by atoms with van der Waals surface area (Å²) in [6.45, 7) is 5.13. The highest BCUT2D eigenvalue weighted by atomic mass is 35.5. The molecule has 0 unspecified atom stereocenters. The fourth-order valence-corrected chi connectivity index (χ4v) is 4.49. The highest BCUT2D eigenvalue weighted by molar-refractivity contribution is 6.31. The van der Waals surface area contributed by atoms with Crippen LogP contribution in [0.25, 0.3) is 16.6 Å². The molecule has 0 saturated carbocycles. The fourth-order valence-electron chi connectivity index (χ4n) is 4.32. The lowest BCUT2D eigenvalue weighted by Gasteiger charge is -2.35. The van der Waals surface area contributed by atoms with Crippen molar-refractivity contribution in [1.29, 1.82) is 0 Å². The number of aromatic nitrogens is 4. The van der Waals surface area contributed by atoms with Gasteiger partial charge in [-0.3, -0.25) is 14.5 Å². The molecule has 0 spiro atoms. The number of fused-ring (bicyclic) bond motifs is 3. The number of anilines is 1. The summed E-state index contributed by atoms with van der Waals surface area (Å²) < 4.78 is 3.77. The Labute approximate surface area is 183 Å². The van der Waals surface area contributed by atoms with Crippen molar-refractivity contribution in [2.24, 2.45) is 0 Å². The van der Waals surface area contributed by atoms with Crippen LogP contribution < -0.4 is 16.0 Å². The van der Waals surface area contributed by atoms with Crippen molar-refractivity contribution in [3.05, 3.63) is 74.4 Å². The normalized spacial score (nSPS) is 15.2.